The number of amides is 2. The van der Waals surface area contributed by atoms with Crippen molar-refractivity contribution in [1.29, 1.82) is 0 Å². The Morgan fingerprint density at radius 3 is 2.56 bits per heavy atom. The number of primary amides is 1. The number of amidine groups is 1. The fourth-order valence-corrected chi connectivity index (χ4v) is 3.63. The van der Waals surface area contributed by atoms with E-state index in [-0.39, 0.29) is 23.4 Å². The number of aliphatic imine (C=N–C) groups is 2. The minimum absolute atomic E-state index is 0.0145. The molecule has 1 aromatic carbocycles. The van der Waals surface area contributed by atoms with Crippen LogP contribution in [-0.4, -0.2) is 55.9 Å². The molecule has 0 aromatic heterocycles. The van der Waals surface area contributed by atoms with Gasteiger partial charge in [-0.3, -0.25) is 9.59 Å². The van der Waals surface area contributed by atoms with Gasteiger partial charge in [0.2, 0.25) is 5.91 Å². The van der Waals surface area contributed by atoms with Gasteiger partial charge in [0.1, 0.15) is 11.7 Å². The fourth-order valence-electron chi connectivity index (χ4n) is 3.63. The van der Waals surface area contributed by atoms with E-state index in [0.29, 0.717) is 31.1 Å². The summed E-state index contributed by atoms with van der Waals surface area (Å²) in [6.45, 7) is 7.68. The Balaban J connectivity index is 1.98. The highest BCUT2D eigenvalue weighted by Gasteiger charge is 2.33. The van der Waals surface area contributed by atoms with Gasteiger partial charge in [-0.2, -0.15) is 0 Å². The highest BCUT2D eigenvalue weighted by Crippen LogP contribution is 2.42. The van der Waals surface area contributed by atoms with Crippen LogP contribution in [0.5, 0.6) is 0 Å². The molecule has 0 aliphatic heterocycles. The van der Waals surface area contributed by atoms with Crippen LogP contribution in [0.15, 0.2) is 40.0 Å². The molecule has 0 radical (unpaired) electrons. The van der Waals surface area contributed by atoms with Gasteiger partial charge < -0.3 is 16.0 Å². The first-order valence-corrected chi connectivity index (χ1v) is 10.8. The Kier molecular flexibility index (Phi) is 9.26. The van der Waals surface area contributed by atoms with Crippen molar-refractivity contribution in [2.24, 2.45) is 27.6 Å². The zero-order valence-electron chi connectivity index (χ0n) is 19.4. The minimum atomic E-state index is -0.790. The summed E-state index contributed by atoms with van der Waals surface area (Å²) < 4.78 is 14.1. The van der Waals surface area contributed by atoms with Crippen molar-refractivity contribution in [2.45, 2.75) is 45.6 Å². The Hall–Kier alpha value is -2.87. The number of likely N-dealkylation sites (N-methyl/N-ethyl adjacent to an activating group) is 1. The molecular formula is C24H34FN5O2. The van der Waals surface area contributed by atoms with Crippen LogP contribution in [-0.2, 0) is 11.2 Å². The summed E-state index contributed by atoms with van der Waals surface area (Å²) in [5, 5.41) is 3.03. The lowest BCUT2D eigenvalue weighted by Gasteiger charge is -2.25. The van der Waals surface area contributed by atoms with Crippen LogP contribution >= 0.6 is 0 Å². The van der Waals surface area contributed by atoms with Crippen LogP contribution in [0.1, 0.15) is 49.0 Å². The standard InChI is InChI=1S/C24H34FN5O2/c1-15(13-28-16(2)27-3)21(18-7-8-18)12-23(31)29-14-19(30(4)5)10-17-6-9-20(24(26)32)22(25)11-17/h6,9,11,13,18-19,21H,3,7-8,10,12,14H2,1-2,4-5H3,(H2,26,32)(H,29,31)/b15-13+,28-16?/t19-,21+/m0/s1. The van der Waals surface area contributed by atoms with E-state index in [9.17, 15) is 14.0 Å². The van der Waals surface area contributed by atoms with Crippen molar-refractivity contribution in [1.82, 2.24) is 10.2 Å². The molecule has 0 unspecified atom stereocenters. The number of hydrogen-bond donors (Lipinski definition) is 2. The van der Waals surface area contributed by atoms with Crippen molar-refractivity contribution in [3.63, 3.8) is 0 Å². The predicted octanol–water partition coefficient (Wildman–Crippen LogP) is 2.95. The van der Waals surface area contributed by atoms with Gasteiger partial charge in [-0.25, -0.2) is 14.4 Å². The summed E-state index contributed by atoms with van der Waals surface area (Å²) in [6.07, 6.45) is 4.96. The highest BCUT2D eigenvalue weighted by atomic mass is 19.1. The maximum absolute atomic E-state index is 14.1. The van der Waals surface area contributed by atoms with Gasteiger partial charge in [-0.1, -0.05) is 11.6 Å². The Morgan fingerprint density at radius 1 is 1.34 bits per heavy atom. The number of nitrogens with one attached hydrogen (secondary N) is 1. The van der Waals surface area contributed by atoms with E-state index < -0.39 is 11.7 Å². The number of halogens is 1. The zero-order valence-corrected chi connectivity index (χ0v) is 19.4. The third-order valence-electron chi connectivity index (χ3n) is 5.90. The SMILES string of the molecule is C=NC(C)=N/C=C(\C)[C@@H](CC(=O)NC[C@H](Cc1ccc(C(N)=O)c(F)c1)N(C)C)C1CC1. The monoisotopic (exact) mass is 443 g/mol. The van der Waals surface area contributed by atoms with Crippen LogP contribution in [0, 0.1) is 17.7 Å². The van der Waals surface area contributed by atoms with Crippen molar-refractivity contribution >= 4 is 24.4 Å². The lowest BCUT2D eigenvalue weighted by Crippen LogP contribution is -2.42. The van der Waals surface area contributed by atoms with Crippen LogP contribution in [0.4, 0.5) is 4.39 Å². The van der Waals surface area contributed by atoms with Crippen LogP contribution in [0.3, 0.4) is 0 Å². The molecule has 32 heavy (non-hydrogen) atoms. The lowest BCUT2D eigenvalue weighted by atomic mass is 9.92. The van der Waals surface area contributed by atoms with Gasteiger partial charge in [-0.15, -0.1) is 0 Å². The molecule has 1 aliphatic carbocycles. The second-order valence-electron chi connectivity index (χ2n) is 8.66. The number of nitrogens with zero attached hydrogens (tertiary/aromatic N) is 3. The molecule has 1 fully saturated rings. The van der Waals surface area contributed by atoms with E-state index in [0.717, 1.165) is 24.0 Å². The molecule has 1 aromatic rings. The lowest BCUT2D eigenvalue weighted by molar-refractivity contribution is -0.122. The van der Waals surface area contributed by atoms with Gasteiger partial charge in [0, 0.05) is 25.2 Å². The Bertz CT molecular complexity index is 906. The normalized spacial score (nSPS) is 16.6. The number of carbonyl (C=O) groups excluding carboxylic acids is 2. The van der Waals surface area contributed by atoms with Crippen LogP contribution in [0.25, 0.3) is 0 Å². The number of rotatable bonds is 11. The number of carbonyl (C=O) groups is 2. The van der Waals surface area contributed by atoms with Crippen LogP contribution in [0.2, 0.25) is 0 Å². The molecule has 7 nitrogen and oxygen atoms in total. The minimum Gasteiger partial charge on any atom is -0.366 e. The van der Waals surface area contributed by atoms with Crippen molar-refractivity contribution in [2.75, 3.05) is 20.6 Å². The highest BCUT2D eigenvalue weighted by molar-refractivity contribution is 5.93. The quantitative estimate of drug-likeness (QED) is 0.406. The molecule has 0 bridgehead atoms. The van der Waals surface area contributed by atoms with E-state index in [1.165, 1.54) is 12.1 Å². The zero-order chi connectivity index (χ0) is 23.8. The number of nitrogens with two attached hydrogens (primary N) is 1. The summed E-state index contributed by atoms with van der Waals surface area (Å²) in [4.78, 5) is 34.0. The van der Waals surface area contributed by atoms with E-state index in [1.807, 2.05) is 25.9 Å². The van der Waals surface area contributed by atoms with Crippen molar-refractivity contribution in [3.05, 3.63) is 46.9 Å². The predicted molar refractivity (Wildman–Crippen MR) is 126 cm³/mol. The Morgan fingerprint density at radius 2 is 2.03 bits per heavy atom. The van der Waals surface area contributed by atoms with E-state index in [1.54, 1.807) is 19.2 Å². The molecule has 1 saturated carbocycles. The molecule has 1 aliphatic rings. The molecule has 174 valence electrons. The summed E-state index contributed by atoms with van der Waals surface area (Å²) in [5.74, 6) is -0.167. The van der Waals surface area contributed by atoms with E-state index in [2.05, 4.69) is 22.0 Å². The first kappa shape index (κ1) is 25.4. The van der Waals surface area contributed by atoms with E-state index in [4.69, 9.17) is 5.73 Å². The summed E-state index contributed by atoms with van der Waals surface area (Å²) in [5.41, 5.74) is 6.85. The topological polar surface area (TPSA) is 100 Å². The maximum atomic E-state index is 14.1. The number of hydrogen-bond acceptors (Lipinski definition) is 4. The second-order valence-corrected chi connectivity index (χ2v) is 8.66. The Labute approximate surface area is 189 Å². The van der Waals surface area contributed by atoms with Gasteiger partial charge in [-0.05, 0) is 83.5 Å². The van der Waals surface area contributed by atoms with Crippen molar-refractivity contribution in [3.8, 4) is 0 Å². The first-order chi connectivity index (χ1) is 15.1. The number of benzene rings is 1. The van der Waals surface area contributed by atoms with Gasteiger partial charge in [0.25, 0.3) is 5.91 Å². The summed E-state index contributed by atoms with van der Waals surface area (Å²) in [7, 11) is 3.83. The fraction of sp³-hybridized carbons (Fsp3) is 0.500. The average molecular weight is 444 g/mol. The third-order valence-corrected chi connectivity index (χ3v) is 5.90. The second kappa shape index (κ2) is 11.7. The molecule has 2 atom stereocenters. The van der Waals surface area contributed by atoms with Gasteiger partial charge in [0.05, 0.1) is 5.56 Å². The molecular weight excluding hydrogens is 409 g/mol. The first-order valence-electron chi connectivity index (χ1n) is 10.8. The molecule has 0 saturated heterocycles. The van der Waals surface area contributed by atoms with E-state index >= 15 is 0 Å². The smallest absolute Gasteiger partial charge is 0.251 e. The average Bonchev–Trinajstić information content (AvgIpc) is 3.57. The van der Waals surface area contributed by atoms with Gasteiger partial charge in [0.15, 0.2) is 0 Å². The van der Waals surface area contributed by atoms with Crippen molar-refractivity contribution < 1.29 is 14.0 Å². The van der Waals surface area contributed by atoms with Gasteiger partial charge >= 0.3 is 0 Å². The molecule has 2 rings (SSSR count). The third kappa shape index (κ3) is 7.67. The summed E-state index contributed by atoms with van der Waals surface area (Å²) >= 11 is 0. The molecule has 0 spiro atoms. The molecule has 0 heterocycles. The van der Waals surface area contributed by atoms with Crippen LogP contribution < -0.4 is 11.1 Å². The number of allylic oxidation sites excluding steroid dienone is 1. The largest absolute Gasteiger partial charge is 0.366 e. The molecule has 2 amide bonds. The summed E-state index contributed by atoms with van der Waals surface area (Å²) in [6, 6.07) is 4.40. The molecule has 8 heteroatoms. The maximum Gasteiger partial charge on any atom is 0.251 e. The molecule has 3 N–H and O–H groups in total.